The quantitative estimate of drug-likeness (QED) is 0.744. The van der Waals surface area contributed by atoms with Crippen molar-refractivity contribution >= 4 is 21.5 Å². The predicted octanol–water partition coefficient (Wildman–Crippen LogP) is 0.934. The molecule has 5 heteroatoms. The minimum atomic E-state index is 0.152. The zero-order valence-electron chi connectivity index (χ0n) is 7.73. The molecular formula is C8H15N3OS. The standard InChI is InChI=1S/C8H15N3OS/c1-2-3-11(4-5-12)8-10-6-7(9)13-8/h6,12H,2-5,9H2,1H3. The van der Waals surface area contributed by atoms with E-state index in [1.807, 2.05) is 4.90 Å². The topological polar surface area (TPSA) is 62.4 Å². The molecule has 1 aromatic heterocycles. The number of aliphatic hydroxyl groups is 1. The number of hydrogen-bond donors (Lipinski definition) is 2. The van der Waals surface area contributed by atoms with Gasteiger partial charge in [-0.15, -0.1) is 0 Å². The second-order valence-corrected chi connectivity index (χ2v) is 3.80. The van der Waals surface area contributed by atoms with Crippen molar-refractivity contribution in [3.05, 3.63) is 6.20 Å². The van der Waals surface area contributed by atoms with E-state index in [1.54, 1.807) is 6.20 Å². The van der Waals surface area contributed by atoms with Crippen molar-refractivity contribution in [2.75, 3.05) is 30.3 Å². The Morgan fingerprint density at radius 1 is 1.62 bits per heavy atom. The van der Waals surface area contributed by atoms with Gasteiger partial charge in [0.15, 0.2) is 5.13 Å². The first-order valence-electron chi connectivity index (χ1n) is 4.35. The van der Waals surface area contributed by atoms with Gasteiger partial charge in [-0.05, 0) is 6.42 Å². The van der Waals surface area contributed by atoms with Gasteiger partial charge in [0, 0.05) is 13.1 Å². The van der Waals surface area contributed by atoms with Crippen LogP contribution in [0.5, 0.6) is 0 Å². The molecule has 0 radical (unpaired) electrons. The van der Waals surface area contributed by atoms with E-state index in [9.17, 15) is 0 Å². The Kier molecular flexibility index (Phi) is 3.98. The molecule has 13 heavy (non-hydrogen) atoms. The zero-order valence-corrected chi connectivity index (χ0v) is 8.55. The number of nitrogens with two attached hydrogens (primary N) is 1. The summed E-state index contributed by atoms with van der Waals surface area (Å²) in [5.41, 5.74) is 5.58. The Bertz CT molecular complexity index is 245. The molecule has 0 spiro atoms. The minimum Gasteiger partial charge on any atom is -0.395 e. The van der Waals surface area contributed by atoms with Crippen molar-refractivity contribution in [3.63, 3.8) is 0 Å². The molecule has 3 N–H and O–H groups in total. The van der Waals surface area contributed by atoms with E-state index in [2.05, 4.69) is 11.9 Å². The SMILES string of the molecule is CCCN(CCO)c1ncc(N)s1. The van der Waals surface area contributed by atoms with Crippen LogP contribution >= 0.6 is 11.3 Å². The van der Waals surface area contributed by atoms with Gasteiger partial charge in [0.25, 0.3) is 0 Å². The van der Waals surface area contributed by atoms with E-state index in [0.29, 0.717) is 11.5 Å². The van der Waals surface area contributed by atoms with Gasteiger partial charge in [-0.3, -0.25) is 0 Å². The molecule has 1 aromatic rings. The average molecular weight is 201 g/mol. The third kappa shape index (κ3) is 2.86. The Morgan fingerprint density at radius 2 is 2.38 bits per heavy atom. The molecule has 0 amide bonds. The third-order valence-electron chi connectivity index (χ3n) is 1.65. The zero-order chi connectivity index (χ0) is 9.68. The molecule has 4 nitrogen and oxygen atoms in total. The van der Waals surface area contributed by atoms with Crippen LogP contribution in [0.4, 0.5) is 10.1 Å². The number of hydrogen-bond acceptors (Lipinski definition) is 5. The highest BCUT2D eigenvalue weighted by Crippen LogP contribution is 2.23. The molecule has 0 saturated heterocycles. The van der Waals surface area contributed by atoms with Crippen LogP contribution in [0.1, 0.15) is 13.3 Å². The van der Waals surface area contributed by atoms with E-state index in [0.717, 1.165) is 18.1 Å². The third-order valence-corrected chi connectivity index (χ3v) is 2.53. The summed E-state index contributed by atoms with van der Waals surface area (Å²) < 4.78 is 0. The lowest BCUT2D eigenvalue weighted by Gasteiger charge is -2.19. The molecule has 1 heterocycles. The van der Waals surface area contributed by atoms with Crippen LogP contribution in [0.3, 0.4) is 0 Å². The van der Waals surface area contributed by atoms with Crippen LogP contribution in [0.2, 0.25) is 0 Å². The van der Waals surface area contributed by atoms with Crippen molar-refractivity contribution in [2.45, 2.75) is 13.3 Å². The van der Waals surface area contributed by atoms with Crippen molar-refractivity contribution in [1.29, 1.82) is 0 Å². The smallest absolute Gasteiger partial charge is 0.187 e. The number of aliphatic hydroxyl groups excluding tert-OH is 1. The molecule has 0 saturated carbocycles. The fourth-order valence-electron chi connectivity index (χ4n) is 1.12. The molecule has 0 atom stereocenters. The van der Waals surface area contributed by atoms with Gasteiger partial charge >= 0.3 is 0 Å². The highest BCUT2D eigenvalue weighted by molar-refractivity contribution is 7.19. The van der Waals surface area contributed by atoms with Crippen LogP contribution in [0.25, 0.3) is 0 Å². The number of anilines is 2. The summed E-state index contributed by atoms with van der Waals surface area (Å²) in [4.78, 5) is 6.20. The van der Waals surface area contributed by atoms with Crippen LogP contribution < -0.4 is 10.6 Å². The molecule has 0 unspecified atom stereocenters. The average Bonchev–Trinajstić information content (AvgIpc) is 2.51. The largest absolute Gasteiger partial charge is 0.395 e. The predicted molar refractivity (Wildman–Crippen MR) is 56.1 cm³/mol. The van der Waals surface area contributed by atoms with E-state index in [1.165, 1.54) is 11.3 Å². The van der Waals surface area contributed by atoms with Crippen molar-refractivity contribution in [2.24, 2.45) is 0 Å². The van der Waals surface area contributed by atoms with Crippen LogP contribution in [0.15, 0.2) is 6.20 Å². The molecule has 0 fully saturated rings. The van der Waals surface area contributed by atoms with E-state index >= 15 is 0 Å². The molecule has 0 aromatic carbocycles. The van der Waals surface area contributed by atoms with E-state index in [4.69, 9.17) is 10.8 Å². The summed E-state index contributed by atoms with van der Waals surface area (Å²) in [6.07, 6.45) is 2.69. The summed E-state index contributed by atoms with van der Waals surface area (Å²) in [6, 6.07) is 0. The van der Waals surface area contributed by atoms with Gasteiger partial charge in [-0.1, -0.05) is 18.3 Å². The van der Waals surface area contributed by atoms with Crippen LogP contribution in [0, 0.1) is 0 Å². The fourth-order valence-corrected chi connectivity index (χ4v) is 1.85. The first-order valence-corrected chi connectivity index (χ1v) is 5.16. The van der Waals surface area contributed by atoms with Crippen molar-refractivity contribution in [1.82, 2.24) is 4.98 Å². The van der Waals surface area contributed by atoms with Gasteiger partial charge in [-0.2, -0.15) is 0 Å². The Hall–Kier alpha value is -0.810. The van der Waals surface area contributed by atoms with Gasteiger partial charge in [-0.25, -0.2) is 4.98 Å². The molecule has 1 rings (SSSR count). The highest BCUT2D eigenvalue weighted by Gasteiger charge is 2.08. The van der Waals surface area contributed by atoms with Gasteiger partial charge in [0.1, 0.15) is 5.00 Å². The first kappa shape index (κ1) is 10.3. The summed E-state index contributed by atoms with van der Waals surface area (Å²) >= 11 is 1.46. The van der Waals surface area contributed by atoms with Crippen molar-refractivity contribution < 1.29 is 5.11 Å². The maximum absolute atomic E-state index is 8.84. The van der Waals surface area contributed by atoms with Gasteiger partial charge in [0.2, 0.25) is 0 Å². The summed E-state index contributed by atoms with van der Waals surface area (Å²) in [6.45, 7) is 3.79. The van der Waals surface area contributed by atoms with Crippen LogP contribution in [-0.4, -0.2) is 29.8 Å². The molecule has 74 valence electrons. The molecular weight excluding hydrogens is 186 g/mol. The second kappa shape index (κ2) is 5.04. The molecule has 0 bridgehead atoms. The van der Waals surface area contributed by atoms with E-state index < -0.39 is 0 Å². The number of nitrogens with zero attached hydrogens (tertiary/aromatic N) is 2. The normalized spacial score (nSPS) is 10.3. The second-order valence-electron chi connectivity index (χ2n) is 2.76. The summed E-state index contributed by atoms with van der Waals surface area (Å²) in [5.74, 6) is 0. The maximum atomic E-state index is 8.84. The molecule has 0 aliphatic rings. The van der Waals surface area contributed by atoms with Gasteiger partial charge < -0.3 is 15.7 Å². The lowest BCUT2D eigenvalue weighted by Crippen LogP contribution is -2.27. The lowest BCUT2D eigenvalue weighted by molar-refractivity contribution is 0.302. The monoisotopic (exact) mass is 201 g/mol. The first-order chi connectivity index (χ1) is 6.27. The summed E-state index contributed by atoms with van der Waals surface area (Å²) in [5, 5.41) is 10.4. The lowest BCUT2D eigenvalue weighted by atomic mass is 10.4. The summed E-state index contributed by atoms with van der Waals surface area (Å²) in [7, 11) is 0. The highest BCUT2D eigenvalue weighted by atomic mass is 32.1. The van der Waals surface area contributed by atoms with Crippen LogP contribution in [-0.2, 0) is 0 Å². The molecule has 0 aliphatic carbocycles. The van der Waals surface area contributed by atoms with Crippen molar-refractivity contribution in [3.8, 4) is 0 Å². The number of nitrogen functional groups attached to an aromatic ring is 1. The van der Waals surface area contributed by atoms with Gasteiger partial charge in [0.05, 0.1) is 12.8 Å². The Balaban J connectivity index is 2.63. The number of aromatic nitrogens is 1. The molecule has 0 aliphatic heterocycles. The number of thiazole rings is 1. The maximum Gasteiger partial charge on any atom is 0.187 e. The number of rotatable bonds is 5. The Labute approximate surface area is 82.0 Å². The minimum absolute atomic E-state index is 0.152. The Morgan fingerprint density at radius 3 is 2.85 bits per heavy atom. The fraction of sp³-hybridized carbons (Fsp3) is 0.625. The van der Waals surface area contributed by atoms with E-state index in [-0.39, 0.29) is 6.61 Å².